The molecule has 0 amide bonds. The van der Waals surface area contributed by atoms with Crippen molar-refractivity contribution in [1.29, 1.82) is 0 Å². The number of likely N-dealkylation sites (N-methyl/N-ethyl adjacent to an activating group) is 1. The fraction of sp³-hybridized carbons (Fsp3) is 0.286. The van der Waals surface area contributed by atoms with E-state index in [2.05, 4.69) is 136 Å². The van der Waals surface area contributed by atoms with Crippen LogP contribution in [-0.4, -0.2) is 24.4 Å². The minimum Gasteiger partial charge on any atom is -0.347 e. The van der Waals surface area contributed by atoms with E-state index in [1.54, 1.807) is 0 Å². The highest BCUT2D eigenvalue weighted by Crippen LogP contribution is 2.50. The molecule has 192 valence electrons. The first kappa shape index (κ1) is 24.9. The van der Waals surface area contributed by atoms with Gasteiger partial charge in [-0.2, -0.15) is 4.58 Å². The summed E-state index contributed by atoms with van der Waals surface area (Å²) in [5, 5.41) is 3.49. The maximum Gasteiger partial charge on any atom is 0.209 e. The quantitative estimate of drug-likeness (QED) is 0.313. The van der Waals surface area contributed by atoms with Gasteiger partial charge in [0, 0.05) is 46.3 Å². The molecular weight excluding hydrogens is 484 g/mol. The molecule has 0 spiro atoms. The minimum absolute atomic E-state index is 0.0333. The van der Waals surface area contributed by atoms with Gasteiger partial charge in [-0.1, -0.05) is 92.2 Å². The third-order valence-electron chi connectivity index (χ3n) is 8.96. The fourth-order valence-corrected chi connectivity index (χ4v) is 7.10. The molecule has 0 aromatic heterocycles. The molecular formula is C35H36ClN2+. The number of rotatable bonds is 3. The van der Waals surface area contributed by atoms with E-state index >= 15 is 0 Å². The summed E-state index contributed by atoms with van der Waals surface area (Å²) in [7, 11) is 4.36. The molecule has 0 radical (unpaired) electrons. The Labute approximate surface area is 231 Å². The molecule has 38 heavy (non-hydrogen) atoms. The zero-order chi connectivity index (χ0) is 26.8. The zero-order valence-electron chi connectivity index (χ0n) is 23.3. The van der Waals surface area contributed by atoms with Gasteiger partial charge in [0.25, 0.3) is 0 Å². The molecule has 0 unspecified atom stereocenters. The van der Waals surface area contributed by atoms with Crippen LogP contribution in [0, 0.1) is 0 Å². The lowest BCUT2D eigenvalue weighted by Gasteiger charge is -2.23. The van der Waals surface area contributed by atoms with Crippen LogP contribution in [0.2, 0.25) is 0 Å². The first-order valence-electron chi connectivity index (χ1n) is 13.6. The molecule has 2 nitrogen and oxygen atoms in total. The first-order chi connectivity index (χ1) is 18.1. The van der Waals surface area contributed by atoms with Crippen molar-refractivity contribution in [3.63, 3.8) is 0 Å². The summed E-state index contributed by atoms with van der Waals surface area (Å²) in [4.78, 5) is 2.37. The molecule has 3 aromatic carbocycles. The van der Waals surface area contributed by atoms with Gasteiger partial charge >= 0.3 is 0 Å². The Hall–Kier alpha value is -3.36. The second-order valence-corrected chi connectivity index (χ2v) is 12.2. The number of hydrogen-bond donors (Lipinski definition) is 0. The van der Waals surface area contributed by atoms with Crippen LogP contribution in [0.25, 0.3) is 10.8 Å². The van der Waals surface area contributed by atoms with Crippen LogP contribution in [0.15, 0.2) is 107 Å². The van der Waals surface area contributed by atoms with Crippen LogP contribution < -0.4 is 4.90 Å². The molecule has 2 aliphatic heterocycles. The van der Waals surface area contributed by atoms with Gasteiger partial charge in [0.15, 0.2) is 5.71 Å². The zero-order valence-corrected chi connectivity index (χ0v) is 24.0. The number of fused-ring (bicyclic) bond motifs is 4. The van der Waals surface area contributed by atoms with Gasteiger partial charge in [0.2, 0.25) is 5.69 Å². The van der Waals surface area contributed by atoms with Crippen molar-refractivity contribution in [1.82, 2.24) is 0 Å². The molecule has 0 bridgehead atoms. The predicted molar refractivity (Wildman–Crippen MR) is 163 cm³/mol. The van der Waals surface area contributed by atoms with Crippen molar-refractivity contribution in [2.45, 2.75) is 51.4 Å². The van der Waals surface area contributed by atoms with E-state index in [0.717, 1.165) is 17.9 Å². The van der Waals surface area contributed by atoms with Crippen molar-refractivity contribution in [3.05, 3.63) is 118 Å². The fourth-order valence-electron chi connectivity index (χ4n) is 6.79. The number of halogens is 1. The topological polar surface area (TPSA) is 6.25 Å². The Morgan fingerprint density at radius 1 is 0.816 bits per heavy atom. The highest BCUT2D eigenvalue weighted by atomic mass is 35.5. The lowest BCUT2D eigenvalue weighted by Crippen LogP contribution is -2.26. The molecule has 0 saturated heterocycles. The molecule has 0 atom stereocenters. The van der Waals surface area contributed by atoms with Crippen molar-refractivity contribution in [2.75, 3.05) is 19.0 Å². The molecule has 6 rings (SSSR count). The van der Waals surface area contributed by atoms with Gasteiger partial charge in [-0.05, 0) is 54.9 Å². The predicted octanol–water partition coefficient (Wildman–Crippen LogP) is 8.93. The number of nitrogens with zero attached hydrogens (tertiary/aromatic N) is 2. The number of benzene rings is 3. The summed E-state index contributed by atoms with van der Waals surface area (Å²) in [6, 6.07) is 21.9. The lowest BCUT2D eigenvalue weighted by molar-refractivity contribution is -0.401. The summed E-state index contributed by atoms with van der Waals surface area (Å²) < 4.78 is 2.32. The van der Waals surface area contributed by atoms with Gasteiger partial charge < -0.3 is 4.90 Å². The average Bonchev–Trinajstić information content (AvgIpc) is 3.42. The lowest BCUT2D eigenvalue weighted by atomic mass is 9.81. The van der Waals surface area contributed by atoms with E-state index in [1.807, 2.05) is 0 Å². The molecule has 2 heterocycles. The number of para-hydroxylation sites is 1. The Morgan fingerprint density at radius 2 is 1.55 bits per heavy atom. The molecule has 0 saturated carbocycles. The summed E-state index contributed by atoms with van der Waals surface area (Å²) in [6.45, 7) is 9.25. The van der Waals surface area contributed by atoms with Gasteiger partial charge in [-0.15, -0.1) is 0 Å². The highest BCUT2D eigenvalue weighted by Gasteiger charge is 2.42. The average molecular weight is 520 g/mol. The molecule has 0 fully saturated rings. The van der Waals surface area contributed by atoms with Crippen LogP contribution >= 0.6 is 11.6 Å². The second kappa shape index (κ2) is 8.85. The Morgan fingerprint density at radius 3 is 2.34 bits per heavy atom. The standard InChI is InChI=1S/C35H36ClN2/c1-34(2)27-13-9-10-14-29(27)37(5)30(34)21-18-24-15-16-25(32(24)36)19-22-31-35(3,4)28-20-17-23-11-7-8-12-26(23)33(28)38(31)6/h7-14,17-22H,15-16H2,1-6H3/q+1. The third-order valence-corrected chi connectivity index (χ3v) is 9.45. The molecule has 3 heteroatoms. The van der Waals surface area contributed by atoms with E-state index in [0.29, 0.717) is 0 Å². The third kappa shape index (κ3) is 3.65. The van der Waals surface area contributed by atoms with Crippen molar-refractivity contribution >= 4 is 39.5 Å². The van der Waals surface area contributed by atoms with Gasteiger partial charge in [0.1, 0.15) is 7.05 Å². The summed E-state index contributed by atoms with van der Waals surface area (Å²) in [5.74, 6) is 0. The van der Waals surface area contributed by atoms with E-state index in [-0.39, 0.29) is 10.8 Å². The Bertz CT molecular complexity index is 1640. The first-order valence-corrected chi connectivity index (χ1v) is 13.9. The SMILES string of the molecule is CN1/C(=C/C=C2\CCC(/C=C/C3=[N+](C)c4ccccc4C3(C)C)=C2Cl)C(C)(C)c2ccc3ccccc3c21. The highest BCUT2D eigenvalue weighted by molar-refractivity contribution is 6.33. The van der Waals surface area contributed by atoms with E-state index in [4.69, 9.17) is 11.6 Å². The smallest absolute Gasteiger partial charge is 0.209 e. The van der Waals surface area contributed by atoms with E-state index in [9.17, 15) is 0 Å². The van der Waals surface area contributed by atoms with Gasteiger partial charge in [-0.25, -0.2) is 0 Å². The van der Waals surface area contributed by atoms with Crippen LogP contribution in [0.3, 0.4) is 0 Å². The summed E-state index contributed by atoms with van der Waals surface area (Å²) in [5.41, 5.74) is 10.3. The minimum atomic E-state index is -0.0764. The number of hydrogen-bond acceptors (Lipinski definition) is 1. The van der Waals surface area contributed by atoms with Crippen molar-refractivity contribution in [2.24, 2.45) is 0 Å². The van der Waals surface area contributed by atoms with Crippen molar-refractivity contribution < 1.29 is 4.58 Å². The van der Waals surface area contributed by atoms with Crippen LogP contribution in [-0.2, 0) is 10.8 Å². The Kier molecular flexibility index (Phi) is 5.81. The maximum atomic E-state index is 6.98. The number of allylic oxidation sites excluding steroid dienone is 8. The van der Waals surface area contributed by atoms with Crippen LogP contribution in [0.1, 0.15) is 51.7 Å². The molecule has 1 aliphatic carbocycles. The van der Waals surface area contributed by atoms with Crippen molar-refractivity contribution in [3.8, 4) is 0 Å². The van der Waals surface area contributed by atoms with Crippen LogP contribution in [0.5, 0.6) is 0 Å². The normalized spacial score (nSPS) is 22.0. The van der Waals surface area contributed by atoms with Crippen LogP contribution in [0.4, 0.5) is 11.4 Å². The van der Waals surface area contributed by atoms with E-state index < -0.39 is 0 Å². The summed E-state index contributed by atoms with van der Waals surface area (Å²) >= 11 is 6.98. The molecule has 0 N–H and O–H groups in total. The second-order valence-electron chi connectivity index (χ2n) is 11.9. The van der Waals surface area contributed by atoms with Gasteiger partial charge in [0.05, 0.1) is 11.1 Å². The Balaban J connectivity index is 1.31. The summed E-state index contributed by atoms with van der Waals surface area (Å²) in [6.07, 6.45) is 11.0. The molecule has 3 aliphatic rings. The number of anilines is 1. The monoisotopic (exact) mass is 519 g/mol. The van der Waals surface area contributed by atoms with E-state index in [1.165, 1.54) is 55.8 Å². The maximum absolute atomic E-state index is 6.98. The molecule has 3 aromatic rings. The largest absolute Gasteiger partial charge is 0.347 e. The van der Waals surface area contributed by atoms with Gasteiger partial charge in [-0.3, -0.25) is 0 Å².